The van der Waals surface area contributed by atoms with Gasteiger partial charge in [-0.3, -0.25) is 4.79 Å². The van der Waals surface area contributed by atoms with Crippen molar-refractivity contribution in [1.29, 1.82) is 0 Å². The van der Waals surface area contributed by atoms with Gasteiger partial charge in [0.2, 0.25) is 0 Å². The molecule has 8 heteroatoms. The highest BCUT2D eigenvalue weighted by atomic mass is 32.2. The van der Waals surface area contributed by atoms with Crippen molar-refractivity contribution in [2.75, 3.05) is 6.26 Å². The second-order valence-electron chi connectivity index (χ2n) is 4.81. The van der Waals surface area contributed by atoms with Gasteiger partial charge >= 0.3 is 0 Å². The molecule has 0 amide bonds. The Morgan fingerprint density at radius 2 is 1.78 bits per heavy atom. The molecule has 0 N–H and O–H groups in total. The Morgan fingerprint density at radius 3 is 2.39 bits per heavy atom. The van der Waals surface area contributed by atoms with E-state index in [-0.39, 0.29) is 16.8 Å². The molecule has 0 unspecified atom stereocenters. The first-order valence-electron chi connectivity index (χ1n) is 6.47. The third-order valence-corrected chi connectivity index (χ3v) is 4.09. The molecule has 1 aromatic carbocycles. The van der Waals surface area contributed by atoms with Crippen LogP contribution in [0.2, 0.25) is 0 Å². The smallest absolute Gasteiger partial charge is 0.261 e. The van der Waals surface area contributed by atoms with Gasteiger partial charge in [-0.2, -0.15) is 0 Å². The molecular formula is C15H10F3N3OS. The first kappa shape index (κ1) is 15.5. The van der Waals surface area contributed by atoms with Crippen LogP contribution in [0, 0.1) is 17.5 Å². The van der Waals surface area contributed by atoms with Gasteiger partial charge in [-0.25, -0.2) is 23.1 Å². The molecule has 2 heterocycles. The van der Waals surface area contributed by atoms with E-state index in [9.17, 15) is 18.0 Å². The summed E-state index contributed by atoms with van der Waals surface area (Å²) in [6.07, 6.45) is 5.65. The number of aromatic nitrogens is 3. The molecule has 0 aliphatic heterocycles. The number of fused-ring (bicyclic) bond motifs is 1. The van der Waals surface area contributed by atoms with E-state index in [1.807, 2.05) is 6.26 Å². The summed E-state index contributed by atoms with van der Waals surface area (Å²) in [5.74, 6) is -3.60. The zero-order valence-electron chi connectivity index (χ0n) is 12.1. The number of halogens is 3. The first-order valence-corrected chi connectivity index (χ1v) is 7.69. The molecule has 3 aromatic rings. The van der Waals surface area contributed by atoms with Crippen molar-refractivity contribution in [1.82, 2.24) is 14.5 Å². The molecule has 0 atom stereocenters. The number of hydrogen-bond donors (Lipinski definition) is 0. The molecule has 0 saturated carbocycles. The Kier molecular flexibility index (Phi) is 3.85. The van der Waals surface area contributed by atoms with Crippen LogP contribution in [0.25, 0.3) is 22.2 Å². The fourth-order valence-corrected chi connectivity index (χ4v) is 2.54. The van der Waals surface area contributed by atoms with E-state index in [1.165, 1.54) is 31.2 Å². The van der Waals surface area contributed by atoms with Gasteiger partial charge in [-0.1, -0.05) is 0 Å². The predicted molar refractivity (Wildman–Crippen MR) is 81.9 cm³/mol. The predicted octanol–water partition coefficient (Wildman–Crippen LogP) is 3.13. The van der Waals surface area contributed by atoms with Crippen LogP contribution in [0.3, 0.4) is 0 Å². The van der Waals surface area contributed by atoms with E-state index in [1.54, 1.807) is 0 Å². The van der Waals surface area contributed by atoms with Crippen LogP contribution in [0.1, 0.15) is 0 Å². The van der Waals surface area contributed by atoms with Crippen LogP contribution in [0.5, 0.6) is 0 Å². The summed E-state index contributed by atoms with van der Waals surface area (Å²) in [5.41, 5.74) is -1.11. The topological polar surface area (TPSA) is 47.8 Å². The minimum absolute atomic E-state index is 0.0822. The molecule has 0 radical (unpaired) electrons. The average Bonchev–Trinajstić information content (AvgIpc) is 2.55. The molecule has 0 spiro atoms. The summed E-state index contributed by atoms with van der Waals surface area (Å²) >= 11 is 1.39. The largest absolute Gasteiger partial charge is 0.315 e. The quantitative estimate of drug-likeness (QED) is 0.674. The van der Waals surface area contributed by atoms with Crippen molar-refractivity contribution in [2.45, 2.75) is 4.90 Å². The van der Waals surface area contributed by atoms with E-state index in [0.29, 0.717) is 0 Å². The monoisotopic (exact) mass is 337 g/mol. The molecule has 0 bridgehead atoms. The number of benzene rings is 1. The molecule has 0 saturated heterocycles. The van der Waals surface area contributed by atoms with Gasteiger partial charge in [0.25, 0.3) is 5.56 Å². The second kappa shape index (κ2) is 5.69. The van der Waals surface area contributed by atoms with Gasteiger partial charge in [0.05, 0.1) is 10.9 Å². The van der Waals surface area contributed by atoms with Crippen molar-refractivity contribution in [3.05, 3.63) is 52.5 Å². The van der Waals surface area contributed by atoms with Crippen molar-refractivity contribution in [3.8, 4) is 11.4 Å². The average molecular weight is 337 g/mol. The Hall–Kier alpha value is -2.35. The summed E-state index contributed by atoms with van der Waals surface area (Å²) in [4.78, 5) is 20.6. The molecule has 4 nitrogen and oxygen atoms in total. The zero-order valence-corrected chi connectivity index (χ0v) is 12.9. The van der Waals surface area contributed by atoms with Crippen molar-refractivity contribution >= 4 is 22.5 Å². The molecule has 0 fully saturated rings. The van der Waals surface area contributed by atoms with E-state index < -0.39 is 28.4 Å². The summed E-state index contributed by atoms with van der Waals surface area (Å²) in [5, 5.41) is -0.936. The van der Waals surface area contributed by atoms with Crippen LogP contribution in [-0.4, -0.2) is 20.8 Å². The highest BCUT2D eigenvalue weighted by Gasteiger charge is 2.21. The number of aryl methyl sites for hydroxylation is 1. The molecular weight excluding hydrogens is 327 g/mol. The summed E-state index contributed by atoms with van der Waals surface area (Å²) in [7, 11) is 1.26. The molecule has 23 heavy (non-hydrogen) atoms. The van der Waals surface area contributed by atoms with E-state index >= 15 is 0 Å². The Labute approximate surface area is 133 Å². The fraction of sp³-hybridized carbons (Fsp3) is 0.133. The summed E-state index contributed by atoms with van der Waals surface area (Å²) in [6.45, 7) is 0. The standard InChI is InChI=1S/C15H10F3N3OS/c1-21-6-10(16)8-3-9(12(17)13(18)11(8)15(21)22)14-19-4-7(23-2)5-20-14/h3-6H,1-2H3. The van der Waals surface area contributed by atoms with Crippen LogP contribution in [-0.2, 0) is 7.05 Å². The highest BCUT2D eigenvalue weighted by molar-refractivity contribution is 7.98. The molecule has 3 rings (SSSR count). The number of rotatable bonds is 2. The lowest BCUT2D eigenvalue weighted by atomic mass is 10.1. The third kappa shape index (κ3) is 2.48. The molecule has 0 aliphatic carbocycles. The lowest BCUT2D eigenvalue weighted by molar-refractivity contribution is 0.516. The van der Waals surface area contributed by atoms with E-state index in [0.717, 1.165) is 21.7 Å². The molecule has 0 aliphatic rings. The van der Waals surface area contributed by atoms with Gasteiger partial charge in [0.1, 0.15) is 5.82 Å². The van der Waals surface area contributed by atoms with Gasteiger partial charge in [-0.15, -0.1) is 11.8 Å². The summed E-state index contributed by atoms with van der Waals surface area (Å²) < 4.78 is 43.5. The SMILES string of the molecule is CSc1cnc(-c2cc3c(F)cn(C)c(=O)c3c(F)c2F)nc1. The van der Waals surface area contributed by atoms with Crippen molar-refractivity contribution in [3.63, 3.8) is 0 Å². The zero-order chi connectivity index (χ0) is 16.7. The summed E-state index contributed by atoms with van der Waals surface area (Å²) in [6, 6.07) is 1.05. The Morgan fingerprint density at radius 1 is 1.13 bits per heavy atom. The van der Waals surface area contributed by atoms with Crippen molar-refractivity contribution in [2.24, 2.45) is 7.05 Å². The maximum absolute atomic E-state index is 14.3. The molecule has 118 valence electrons. The van der Waals surface area contributed by atoms with Gasteiger partial charge in [0.15, 0.2) is 17.5 Å². The van der Waals surface area contributed by atoms with Crippen LogP contribution >= 0.6 is 11.8 Å². The third-order valence-electron chi connectivity index (χ3n) is 3.41. The van der Waals surface area contributed by atoms with Crippen LogP contribution in [0.15, 0.2) is 34.3 Å². The second-order valence-corrected chi connectivity index (χ2v) is 5.69. The minimum atomic E-state index is -1.41. The maximum atomic E-state index is 14.3. The molecule has 2 aromatic heterocycles. The number of nitrogens with zero attached hydrogens (tertiary/aromatic N) is 3. The van der Waals surface area contributed by atoms with Crippen LogP contribution < -0.4 is 5.56 Å². The lowest BCUT2D eigenvalue weighted by Gasteiger charge is -2.09. The van der Waals surface area contributed by atoms with Gasteiger partial charge in [0, 0.05) is 35.9 Å². The van der Waals surface area contributed by atoms with E-state index in [2.05, 4.69) is 9.97 Å². The van der Waals surface area contributed by atoms with Crippen molar-refractivity contribution < 1.29 is 13.2 Å². The van der Waals surface area contributed by atoms with Gasteiger partial charge < -0.3 is 4.57 Å². The maximum Gasteiger partial charge on any atom is 0.261 e. The Balaban J connectivity index is 2.35. The van der Waals surface area contributed by atoms with Gasteiger partial charge in [-0.05, 0) is 12.3 Å². The number of hydrogen-bond acceptors (Lipinski definition) is 4. The number of pyridine rings is 1. The normalized spacial score (nSPS) is 11.2. The first-order chi connectivity index (χ1) is 10.9. The Bertz CT molecular complexity index is 971. The fourth-order valence-electron chi connectivity index (χ4n) is 2.22. The number of thioether (sulfide) groups is 1. The van der Waals surface area contributed by atoms with Crippen LogP contribution in [0.4, 0.5) is 13.2 Å². The highest BCUT2D eigenvalue weighted by Crippen LogP contribution is 2.29. The van der Waals surface area contributed by atoms with E-state index in [4.69, 9.17) is 0 Å². The lowest BCUT2D eigenvalue weighted by Crippen LogP contribution is -2.19. The minimum Gasteiger partial charge on any atom is -0.315 e.